The van der Waals surface area contributed by atoms with Crippen molar-refractivity contribution in [2.45, 2.75) is 36.7 Å². The number of fused-ring (bicyclic) bond motifs is 1. The van der Waals surface area contributed by atoms with Crippen LogP contribution in [0, 0.1) is 0 Å². The number of nitrogens with zero attached hydrogens (tertiary/aromatic N) is 1. The standard InChI is InChI=1S/C21H23N3O5S/c25-21(19-14-28-17-6-3-4-7-18(17)29-19)23-15-9-11-16(12-10-15)30(26,27)24-20-8-2-1-5-13-22-20/h3-4,6-7,9-12,19H,1-2,5,8,13-14H2,(H,22,24)(H,23,25). The van der Waals surface area contributed by atoms with E-state index in [0.29, 0.717) is 36.0 Å². The Hall–Kier alpha value is -3.07. The number of carbonyl (C=O) groups is 1. The van der Waals surface area contributed by atoms with Crippen molar-refractivity contribution in [1.82, 2.24) is 4.72 Å². The quantitative estimate of drug-likeness (QED) is 0.777. The fourth-order valence-corrected chi connectivity index (χ4v) is 4.35. The van der Waals surface area contributed by atoms with Gasteiger partial charge >= 0.3 is 0 Å². The fourth-order valence-electron chi connectivity index (χ4n) is 3.26. The van der Waals surface area contributed by atoms with E-state index in [1.165, 1.54) is 12.1 Å². The number of hydrogen-bond donors (Lipinski definition) is 2. The van der Waals surface area contributed by atoms with E-state index in [2.05, 4.69) is 15.0 Å². The molecule has 2 aliphatic heterocycles. The van der Waals surface area contributed by atoms with Crippen LogP contribution in [0.5, 0.6) is 11.5 Å². The Balaban J connectivity index is 1.38. The molecule has 4 rings (SSSR count). The highest BCUT2D eigenvalue weighted by atomic mass is 32.2. The zero-order valence-electron chi connectivity index (χ0n) is 16.3. The third-order valence-corrected chi connectivity index (χ3v) is 6.26. The van der Waals surface area contributed by atoms with Crippen molar-refractivity contribution < 1.29 is 22.7 Å². The van der Waals surface area contributed by atoms with E-state index in [-0.39, 0.29) is 17.4 Å². The maximum atomic E-state index is 12.6. The minimum absolute atomic E-state index is 0.0986. The molecule has 30 heavy (non-hydrogen) atoms. The Morgan fingerprint density at radius 2 is 1.77 bits per heavy atom. The minimum atomic E-state index is -3.71. The normalized spacial score (nSPS) is 18.7. The molecule has 0 radical (unpaired) electrons. The number of nitrogens with one attached hydrogen (secondary N) is 2. The maximum absolute atomic E-state index is 12.6. The topological polar surface area (TPSA) is 106 Å². The number of hydrogen-bond acceptors (Lipinski definition) is 6. The van der Waals surface area contributed by atoms with Gasteiger partial charge in [-0.25, -0.2) is 8.42 Å². The molecular weight excluding hydrogens is 406 g/mol. The molecule has 2 aromatic carbocycles. The molecule has 0 saturated heterocycles. The Labute approximate surface area is 175 Å². The molecule has 0 spiro atoms. The van der Waals surface area contributed by atoms with Crippen molar-refractivity contribution in [3.8, 4) is 11.5 Å². The average molecular weight is 429 g/mol. The van der Waals surface area contributed by atoms with Gasteiger partial charge in [-0.15, -0.1) is 0 Å². The van der Waals surface area contributed by atoms with Gasteiger partial charge in [0.25, 0.3) is 15.9 Å². The number of para-hydroxylation sites is 2. The van der Waals surface area contributed by atoms with Gasteiger partial charge < -0.3 is 14.8 Å². The van der Waals surface area contributed by atoms with E-state index in [0.717, 1.165) is 19.3 Å². The van der Waals surface area contributed by atoms with Crippen molar-refractivity contribution in [3.63, 3.8) is 0 Å². The molecule has 0 aliphatic carbocycles. The molecule has 1 amide bonds. The lowest BCUT2D eigenvalue weighted by molar-refractivity contribution is -0.125. The van der Waals surface area contributed by atoms with Crippen LogP contribution in [0.3, 0.4) is 0 Å². The third-order valence-electron chi connectivity index (χ3n) is 4.86. The molecule has 1 atom stereocenters. The summed E-state index contributed by atoms with van der Waals surface area (Å²) in [6.07, 6.45) is 2.77. The smallest absolute Gasteiger partial charge is 0.269 e. The maximum Gasteiger partial charge on any atom is 0.269 e. The van der Waals surface area contributed by atoms with E-state index in [4.69, 9.17) is 9.47 Å². The molecule has 2 aliphatic rings. The Bertz CT molecular complexity index is 1050. The van der Waals surface area contributed by atoms with Gasteiger partial charge in [0.2, 0.25) is 6.10 Å². The highest BCUT2D eigenvalue weighted by Crippen LogP contribution is 2.31. The van der Waals surface area contributed by atoms with Gasteiger partial charge in [0.15, 0.2) is 11.5 Å². The first kappa shape index (κ1) is 20.2. The molecule has 2 N–H and O–H groups in total. The highest BCUT2D eigenvalue weighted by Gasteiger charge is 2.27. The summed E-state index contributed by atoms with van der Waals surface area (Å²) in [5.74, 6) is 1.24. The predicted molar refractivity (Wildman–Crippen MR) is 113 cm³/mol. The average Bonchev–Trinajstić information content (AvgIpc) is 3.02. The van der Waals surface area contributed by atoms with Crippen LogP contribution >= 0.6 is 0 Å². The third kappa shape index (κ3) is 4.73. The number of benzene rings is 2. The fraction of sp³-hybridized carbons (Fsp3) is 0.333. The van der Waals surface area contributed by atoms with Crippen molar-refractivity contribution in [2.24, 2.45) is 4.99 Å². The van der Waals surface area contributed by atoms with Gasteiger partial charge in [0, 0.05) is 18.7 Å². The van der Waals surface area contributed by atoms with Crippen LogP contribution in [0.4, 0.5) is 5.69 Å². The number of rotatable bonds is 4. The Morgan fingerprint density at radius 3 is 2.57 bits per heavy atom. The Morgan fingerprint density at radius 1 is 1.00 bits per heavy atom. The molecule has 9 heteroatoms. The molecule has 1 unspecified atom stereocenters. The molecule has 0 fully saturated rings. The Kier molecular flexibility index (Phi) is 5.89. The van der Waals surface area contributed by atoms with Gasteiger partial charge in [-0.3, -0.25) is 14.5 Å². The van der Waals surface area contributed by atoms with Gasteiger partial charge in [-0.1, -0.05) is 18.6 Å². The van der Waals surface area contributed by atoms with Crippen LogP contribution in [-0.4, -0.2) is 39.4 Å². The number of amides is 1. The van der Waals surface area contributed by atoms with Crippen molar-refractivity contribution in [3.05, 3.63) is 48.5 Å². The second kappa shape index (κ2) is 8.74. The van der Waals surface area contributed by atoms with Crippen LogP contribution in [0.2, 0.25) is 0 Å². The summed E-state index contributed by atoms with van der Waals surface area (Å²) < 4.78 is 39.0. The first-order valence-electron chi connectivity index (χ1n) is 9.87. The van der Waals surface area contributed by atoms with E-state index >= 15 is 0 Å². The first-order valence-corrected chi connectivity index (χ1v) is 11.4. The summed E-state index contributed by atoms with van der Waals surface area (Å²) in [5.41, 5.74) is 0.466. The lowest BCUT2D eigenvalue weighted by atomic mass is 10.2. The van der Waals surface area contributed by atoms with E-state index in [9.17, 15) is 13.2 Å². The van der Waals surface area contributed by atoms with E-state index < -0.39 is 16.1 Å². The number of amidine groups is 1. The molecule has 0 saturated carbocycles. The molecule has 0 bridgehead atoms. The zero-order valence-corrected chi connectivity index (χ0v) is 17.2. The van der Waals surface area contributed by atoms with Crippen LogP contribution in [0.1, 0.15) is 25.7 Å². The van der Waals surface area contributed by atoms with E-state index in [1.807, 2.05) is 6.07 Å². The first-order chi connectivity index (χ1) is 14.5. The second-order valence-corrected chi connectivity index (χ2v) is 8.80. The minimum Gasteiger partial charge on any atom is -0.485 e. The number of ether oxygens (including phenoxy) is 2. The highest BCUT2D eigenvalue weighted by molar-refractivity contribution is 7.90. The monoisotopic (exact) mass is 429 g/mol. The SMILES string of the molecule is O=C(Nc1ccc(S(=O)(=O)NC2=NCCCCC2)cc1)C1COc2ccccc2O1. The molecule has 158 valence electrons. The largest absolute Gasteiger partial charge is 0.485 e. The number of sulfonamides is 1. The summed E-state index contributed by atoms with van der Waals surface area (Å²) in [6, 6.07) is 13.1. The van der Waals surface area contributed by atoms with Gasteiger partial charge in [-0.2, -0.15) is 0 Å². The molecular formula is C21H23N3O5S. The van der Waals surface area contributed by atoms with Crippen LogP contribution in [-0.2, 0) is 14.8 Å². The summed E-state index contributed by atoms with van der Waals surface area (Å²) in [5, 5.41) is 2.73. The van der Waals surface area contributed by atoms with Crippen LogP contribution in [0.25, 0.3) is 0 Å². The predicted octanol–water partition coefficient (Wildman–Crippen LogP) is 2.72. The summed E-state index contributed by atoms with van der Waals surface area (Å²) in [4.78, 5) is 16.9. The van der Waals surface area contributed by atoms with Crippen LogP contribution in [0.15, 0.2) is 58.4 Å². The number of aliphatic imine (C=N–C) groups is 1. The lowest BCUT2D eigenvalue weighted by Gasteiger charge is -2.25. The summed E-state index contributed by atoms with van der Waals surface area (Å²) >= 11 is 0. The molecule has 8 nitrogen and oxygen atoms in total. The van der Waals surface area contributed by atoms with Gasteiger partial charge in [0.05, 0.1) is 4.90 Å². The zero-order chi connectivity index (χ0) is 21.0. The summed E-state index contributed by atoms with van der Waals surface area (Å²) in [6.45, 7) is 0.738. The van der Waals surface area contributed by atoms with Gasteiger partial charge in [0.1, 0.15) is 12.4 Å². The van der Waals surface area contributed by atoms with Gasteiger partial charge in [-0.05, 0) is 49.2 Å². The summed E-state index contributed by atoms with van der Waals surface area (Å²) in [7, 11) is -3.71. The van der Waals surface area contributed by atoms with E-state index in [1.54, 1.807) is 30.3 Å². The van der Waals surface area contributed by atoms with Crippen molar-refractivity contribution >= 4 is 27.5 Å². The van der Waals surface area contributed by atoms with Crippen molar-refractivity contribution in [1.29, 1.82) is 0 Å². The number of carbonyl (C=O) groups excluding carboxylic acids is 1. The lowest BCUT2D eigenvalue weighted by Crippen LogP contribution is -2.40. The number of anilines is 1. The molecule has 2 heterocycles. The molecule has 0 aromatic heterocycles. The second-order valence-electron chi connectivity index (χ2n) is 7.12. The van der Waals surface area contributed by atoms with Crippen molar-refractivity contribution in [2.75, 3.05) is 18.5 Å². The molecule has 2 aromatic rings. The van der Waals surface area contributed by atoms with Crippen LogP contribution < -0.4 is 19.5 Å².